The van der Waals surface area contributed by atoms with Gasteiger partial charge in [-0.3, -0.25) is 14.8 Å². The topological polar surface area (TPSA) is 73.0 Å². The number of nitrogens with zero attached hydrogens (tertiary/aromatic N) is 3. The molecule has 3 aromatic rings. The largest absolute Gasteiger partial charge is 0.312 e. The molecule has 1 aromatic carbocycles. The Morgan fingerprint density at radius 3 is 2.88 bits per heavy atom. The summed E-state index contributed by atoms with van der Waals surface area (Å²) < 4.78 is 1.82. The zero-order valence-corrected chi connectivity index (χ0v) is 14.8. The molecule has 0 aliphatic rings. The number of nitrogens with one attached hydrogen (secondary N) is 1. The number of thiophene rings is 1. The third-order valence-corrected chi connectivity index (χ3v) is 5.02. The van der Waals surface area contributed by atoms with Gasteiger partial charge in [0.25, 0.3) is 5.69 Å². The lowest BCUT2D eigenvalue weighted by Crippen LogP contribution is -2.14. The maximum atomic E-state index is 11.2. The van der Waals surface area contributed by atoms with Gasteiger partial charge in [-0.1, -0.05) is 12.1 Å². The van der Waals surface area contributed by atoms with Crippen molar-refractivity contribution in [2.75, 3.05) is 6.54 Å². The molecule has 0 saturated heterocycles. The molecule has 0 spiro atoms. The average Bonchev–Trinajstić information content (AvgIpc) is 3.23. The molecule has 2 heterocycles. The lowest BCUT2D eigenvalue weighted by Gasteiger charge is -2.02. The molecule has 7 heteroatoms. The summed E-state index contributed by atoms with van der Waals surface area (Å²) >= 11 is 1.60. The lowest BCUT2D eigenvalue weighted by atomic mass is 10.1. The fourth-order valence-corrected chi connectivity index (χ4v) is 3.70. The fourth-order valence-electron chi connectivity index (χ4n) is 2.69. The van der Waals surface area contributed by atoms with Crippen molar-refractivity contribution in [3.05, 3.63) is 69.3 Å². The molecule has 0 amide bonds. The lowest BCUT2D eigenvalue weighted by molar-refractivity contribution is -0.384. The van der Waals surface area contributed by atoms with Gasteiger partial charge >= 0.3 is 0 Å². The maximum Gasteiger partial charge on any atom is 0.278 e. The Morgan fingerprint density at radius 2 is 2.12 bits per heavy atom. The van der Waals surface area contributed by atoms with E-state index in [2.05, 4.69) is 10.4 Å². The fraction of sp³-hybridized carbons (Fsp3) is 0.278. The van der Waals surface area contributed by atoms with Gasteiger partial charge < -0.3 is 5.32 Å². The van der Waals surface area contributed by atoms with Crippen molar-refractivity contribution in [2.45, 2.75) is 19.4 Å². The van der Waals surface area contributed by atoms with Gasteiger partial charge in [-0.2, -0.15) is 5.10 Å². The third kappa shape index (κ3) is 4.52. The highest BCUT2D eigenvalue weighted by atomic mass is 32.1. The smallest absolute Gasteiger partial charge is 0.278 e. The minimum atomic E-state index is -0.328. The van der Waals surface area contributed by atoms with E-state index in [4.69, 9.17) is 0 Å². The highest BCUT2D eigenvalue weighted by molar-refractivity contribution is 7.15. The highest BCUT2D eigenvalue weighted by Crippen LogP contribution is 2.34. The molecule has 0 unspecified atom stereocenters. The van der Waals surface area contributed by atoms with Crippen LogP contribution in [0.4, 0.5) is 5.69 Å². The van der Waals surface area contributed by atoms with E-state index in [1.165, 1.54) is 10.4 Å². The molecule has 130 valence electrons. The van der Waals surface area contributed by atoms with E-state index >= 15 is 0 Å². The quantitative estimate of drug-likeness (QED) is 0.379. The van der Waals surface area contributed by atoms with Crippen molar-refractivity contribution in [1.29, 1.82) is 0 Å². The number of nitro groups is 1. The van der Waals surface area contributed by atoms with E-state index in [-0.39, 0.29) is 10.6 Å². The molecule has 6 nitrogen and oxygen atoms in total. The van der Waals surface area contributed by atoms with Gasteiger partial charge in [0.15, 0.2) is 0 Å². The molecule has 3 rings (SSSR count). The molecule has 0 bridgehead atoms. The number of hydrogen-bond donors (Lipinski definition) is 1. The van der Waals surface area contributed by atoms with Crippen molar-refractivity contribution in [1.82, 2.24) is 15.1 Å². The second-order valence-corrected chi connectivity index (χ2v) is 7.01. The molecule has 0 aliphatic heterocycles. The summed E-state index contributed by atoms with van der Waals surface area (Å²) in [6.07, 6.45) is 6.00. The van der Waals surface area contributed by atoms with Crippen LogP contribution >= 0.6 is 11.3 Å². The van der Waals surface area contributed by atoms with Crippen LogP contribution in [0.25, 0.3) is 10.4 Å². The Kier molecular flexibility index (Phi) is 5.57. The molecule has 0 atom stereocenters. The minimum Gasteiger partial charge on any atom is -0.312 e. The van der Waals surface area contributed by atoms with Gasteiger partial charge in [0.05, 0.1) is 16.7 Å². The van der Waals surface area contributed by atoms with E-state index in [1.54, 1.807) is 29.5 Å². The first-order valence-electron chi connectivity index (χ1n) is 8.14. The first kappa shape index (κ1) is 17.3. The number of aryl methyl sites for hydroxylation is 2. The van der Waals surface area contributed by atoms with Gasteiger partial charge in [-0.25, -0.2) is 0 Å². The predicted octanol–water partition coefficient (Wildman–Crippen LogP) is 3.78. The van der Waals surface area contributed by atoms with Crippen LogP contribution in [0.2, 0.25) is 0 Å². The van der Waals surface area contributed by atoms with Gasteiger partial charge in [-0.15, -0.1) is 11.3 Å². The summed E-state index contributed by atoms with van der Waals surface area (Å²) in [4.78, 5) is 12.9. The molecule has 0 saturated carbocycles. The summed E-state index contributed by atoms with van der Waals surface area (Å²) in [5.74, 6) is 0. The summed E-state index contributed by atoms with van der Waals surface area (Å²) in [5.41, 5.74) is 2.08. The van der Waals surface area contributed by atoms with Crippen molar-refractivity contribution >= 4 is 17.0 Å². The van der Waals surface area contributed by atoms with Crippen LogP contribution in [-0.2, 0) is 20.0 Å². The van der Waals surface area contributed by atoms with Crippen LogP contribution in [0.1, 0.15) is 16.9 Å². The van der Waals surface area contributed by atoms with Gasteiger partial charge in [-0.05, 0) is 43.1 Å². The second-order valence-electron chi connectivity index (χ2n) is 5.84. The van der Waals surface area contributed by atoms with Crippen LogP contribution in [-0.4, -0.2) is 21.2 Å². The number of para-hydroxylation sites is 1. The third-order valence-electron chi connectivity index (χ3n) is 3.90. The van der Waals surface area contributed by atoms with E-state index in [1.807, 2.05) is 42.3 Å². The summed E-state index contributed by atoms with van der Waals surface area (Å²) in [6.45, 7) is 1.70. The molecular weight excluding hydrogens is 336 g/mol. The second kappa shape index (κ2) is 8.04. The van der Waals surface area contributed by atoms with Crippen molar-refractivity contribution in [2.24, 2.45) is 7.05 Å². The van der Waals surface area contributed by atoms with Crippen molar-refractivity contribution in [3.63, 3.8) is 0 Å². The molecule has 1 N–H and O–H groups in total. The van der Waals surface area contributed by atoms with Crippen LogP contribution in [0, 0.1) is 10.1 Å². The molecule has 0 fully saturated rings. The summed E-state index contributed by atoms with van der Waals surface area (Å²) in [7, 11) is 1.92. The zero-order chi connectivity index (χ0) is 17.6. The van der Waals surface area contributed by atoms with Crippen molar-refractivity contribution in [3.8, 4) is 10.4 Å². The minimum absolute atomic E-state index is 0.153. The highest BCUT2D eigenvalue weighted by Gasteiger charge is 2.15. The Hall–Kier alpha value is -2.51. The summed E-state index contributed by atoms with van der Waals surface area (Å²) in [5, 5.41) is 18.8. The van der Waals surface area contributed by atoms with Crippen LogP contribution in [0.3, 0.4) is 0 Å². The van der Waals surface area contributed by atoms with Gasteiger partial charge in [0.2, 0.25) is 0 Å². The van der Waals surface area contributed by atoms with E-state index in [0.717, 1.165) is 30.8 Å². The Morgan fingerprint density at radius 1 is 1.28 bits per heavy atom. The Labute approximate surface area is 150 Å². The predicted molar refractivity (Wildman–Crippen MR) is 99.6 cm³/mol. The SMILES string of the molecule is Cn1cc(CCCNCc2ccc(-c3ccccc3[N+](=O)[O-])s2)cn1. The van der Waals surface area contributed by atoms with Crippen LogP contribution in [0.5, 0.6) is 0 Å². The Bertz CT molecular complexity index is 856. The average molecular weight is 356 g/mol. The number of aromatic nitrogens is 2. The molecule has 2 aromatic heterocycles. The van der Waals surface area contributed by atoms with Gasteiger partial charge in [0, 0.05) is 35.6 Å². The van der Waals surface area contributed by atoms with E-state index in [9.17, 15) is 10.1 Å². The maximum absolute atomic E-state index is 11.2. The normalized spacial score (nSPS) is 10.9. The van der Waals surface area contributed by atoms with E-state index < -0.39 is 0 Å². The number of rotatable bonds is 8. The van der Waals surface area contributed by atoms with E-state index in [0.29, 0.717) is 5.56 Å². The first-order valence-corrected chi connectivity index (χ1v) is 8.96. The number of benzene rings is 1. The van der Waals surface area contributed by atoms with Crippen molar-refractivity contribution < 1.29 is 4.92 Å². The van der Waals surface area contributed by atoms with Crippen LogP contribution < -0.4 is 5.32 Å². The van der Waals surface area contributed by atoms with Gasteiger partial charge in [0.1, 0.15) is 0 Å². The molecule has 0 aliphatic carbocycles. The zero-order valence-electron chi connectivity index (χ0n) is 14.0. The van der Waals surface area contributed by atoms with Crippen LogP contribution in [0.15, 0.2) is 48.8 Å². The standard InChI is InChI=1S/C18H20N4O2S/c1-21-13-14(11-20-21)5-4-10-19-12-15-8-9-18(25-15)16-6-2-3-7-17(16)22(23)24/h2-3,6-9,11,13,19H,4-5,10,12H2,1H3. The Balaban J connectivity index is 1.51. The number of hydrogen-bond acceptors (Lipinski definition) is 5. The summed E-state index contributed by atoms with van der Waals surface area (Å²) in [6, 6.07) is 10.9. The molecular formula is C18H20N4O2S. The number of nitro benzene ring substituents is 1. The first-order chi connectivity index (χ1) is 12.1. The monoisotopic (exact) mass is 356 g/mol. The molecule has 25 heavy (non-hydrogen) atoms. The molecule has 0 radical (unpaired) electrons.